The third-order valence-electron chi connectivity index (χ3n) is 3.80. The molecule has 1 N–H and O–H groups in total. The van der Waals surface area contributed by atoms with Gasteiger partial charge in [-0.25, -0.2) is 0 Å². The molecule has 3 atom stereocenters. The van der Waals surface area contributed by atoms with Gasteiger partial charge in [-0.3, -0.25) is 4.79 Å². The highest BCUT2D eigenvalue weighted by Gasteiger charge is 2.24. The molecular formula is C13H23NO2. The predicted octanol–water partition coefficient (Wildman–Crippen LogP) is 2.11. The van der Waals surface area contributed by atoms with Crippen LogP contribution in [-0.4, -0.2) is 25.2 Å². The van der Waals surface area contributed by atoms with Crippen LogP contribution in [-0.2, 0) is 9.53 Å². The van der Waals surface area contributed by atoms with E-state index >= 15 is 0 Å². The largest absolute Gasteiger partial charge is 0.462 e. The summed E-state index contributed by atoms with van der Waals surface area (Å²) in [4.78, 5) is 11.7. The number of esters is 1. The van der Waals surface area contributed by atoms with Gasteiger partial charge in [0.05, 0.1) is 0 Å². The van der Waals surface area contributed by atoms with Crippen LogP contribution in [0.25, 0.3) is 0 Å². The Balaban J connectivity index is 1.69. The molecule has 2 aliphatic rings. The van der Waals surface area contributed by atoms with Crippen molar-refractivity contribution in [1.82, 2.24) is 5.32 Å². The first-order valence-electron chi connectivity index (χ1n) is 6.64. The number of rotatable bonds is 3. The van der Waals surface area contributed by atoms with E-state index in [-0.39, 0.29) is 12.1 Å². The molecule has 1 saturated carbocycles. The van der Waals surface area contributed by atoms with E-state index in [0.29, 0.717) is 12.3 Å². The van der Waals surface area contributed by atoms with Crippen molar-refractivity contribution in [3.8, 4) is 0 Å². The van der Waals surface area contributed by atoms with E-state index in [1.165, 1.54) is 12.8 Å². The fraction of sp³-hybridized carbons (Fsp3) is 0.923. The van der Waals surface area contributed by atoms with Crippen LogP contribution in [0.4, 0.5) is 0 Å². The fourth-order valence-corrected chi connectivity index (χ4v) is 2.84. The Kier molecular flexibility index (Phi) is 4.22. The molecule has 0 aromatic rings. The molecule has 3 heteroatoms. The lowest BCUT2D eigenvalue weighted by Crippen LogP contribution is -2.25. The van der Waals surface area contributed by atoms with Crippen molar-refractivity contribution in [3.63, 3.8) is 0 Å². The van der Waals surface area contributed by atoms with E-state index in [4.69, 9.17) is 4.74 Å². The summed E-state index contributed by atoms with van der Waals surface area (Å²) < 4.78 is 5.56. The Morgan fingerprint density at radius 2 is 2.25 bits per heavy atom. The van der Waals surface area contributed by atoms with E-state index in [1.807, 2.05) is 0 Å². The third-order valence-corrected chi connectivity index (χ3v) is 3.80. The van der Waals surface area contributed by atoms with E-state index in [0.717, 1.165) is 38.3 Å². The Bertz CT molecular complexity index is 236. The first-order valence-corrected chi connectivity index (χ1v) is 6.64. The zero-order valence-corrected chi connectivity index (χ0v) is 10.2. The van der Waals surface area contributed by atoms with Gasteiger partial charge in [-0.15, -0.1) is 0 Å². The van der Waals surface area contributed by atoms with Gasteiger partial charge in [0.25, 0.3) is 0 Å². The van der Waals surface area contributed by atoms with Gasteiger partial charge in [-0.05, 0) is 50.6 Å². The summed E-state index contributed by atoms with van der Waals surface area (Å²) in [5, 5.41) is 3.28. The SMILES string of the molecule is CC1CCCC(OC(=O)CC2CCNC2)C1. The monoisotopic (exact) mass is 225 g/mol. The van der Waals surface area contributed by atoms with Crippen LogP contribution in [0.15, 0.2) is 0 Å². The van der Waals surface area contributed by atoms with Crippen molar-refractivity contribution < 1.29 is 9.53 Å². The van der Waals surface area contributed by atoms with Crippen molar-refractivity contribution >= 4 is 5.97 Å². The summed E-state index contributed by atoms with van der Waals surface area (Å²) in [5.41, 5.74) is 0. The summed E-state index contributed by atoms with van der Waals surface area (Å²) in [6.07, 6.45) is 6.57. The van der Waals surface area contributed by atoms with Gasteiger partial charge in [0.15, 0.2) is 0 Å². The number of carbonyl (C=O) groups is 1. The minimum Gasteiger partial charge on any atom is -0.462 e. The Labute approximate surface area is 97.9 Å². The maximum atomic E-state index is 11.7. The van der Waals surface area contributed by atoms with Crippen molar-refractivity contribution in [2.24, 2.45) is 11.8 Å². The minimum absolute atomic E-state index is 0.0211. The smallest absolute Gasteiger partial charge is 0.306 e. The average molecular weight is 225 g/mol. The molecule has 1 aliphatic carbocycles. The molecule has 2 rings (SSSR count). The second kappa shape index (κ2) is 5.67. The number of ether oxygens (including phenoxy) is 1. The molecule has 0 aromatic heterocycles. The standard InChI is InChI=1S/C13H23NO2/c1-10-3-2-4-12(7-10)16-13(15)8-11-5-6-14-9-11/h10-12,14H,2-9H2,1H3. The van der Waals surface area contributed by atoms with Crippen molar-refractivity contribution in [1.29, 1.82) is 0 Å². The molecule has 0 radical (unpaired) electrons. The lowest BCUT2D eigenvalue weighted by molar-refractivity contribution is -0.152. The summed E-state index contributed by atoms with van der Waals surface area (Å²) >= 11 is 0. The molecule has 0 amide bonds. The number of hydrogen-bond acceptors (Lipinski definition) is 3. The molecule has 0 aromatic carbocycles. The summed E-state index contributed by atoms with van der Waals surface area (Å²) in [7, 11) is 0. The summed E-state index contributed by atoms with van der Waals surface area (Å²) in [6.45, 7) is 4.29. The normalized spacial score (nSPS) is 34.9. The second-order valence-corrected chi connectivity index (χ2v) is 5.45. The molecule has 1 heterocycles. The number of nitrogens with one attached hydrogen (secondary N) is 1. The maximum absolute atomic E-state index is 11.7. The molecule has 3 unspecified atom stereocenters. The van der Waals surface area contributed by atoms with Gasteiger partial charge in [0, 0.05) is 6.42 Å². The Morgan fingerprint density at radius 3 is 2.94 bits per heavy atom. The highest BCUT2D eigenvalue weighted by Crippen LogP contribution is 2.26. The average Bonchev–Trinajstić information content (AvgIpc) is 2.70. The molecule has 92 valence electrons. The Morgan fingerprint density at radius 1 is 1.38 bits per heavy atom. The quantitative estimate of drug-likeness (QED) is 0.748. The van der Waals surface area contributed by atoms with Gasteiger partial charge in [-0.1, -0.05) is 13.3 Å². The van der Waals surface area contributed by atoms with Crippen LogP contribution >= 0.6 is 0 Å². The maximum Gasteiger partial charge on any atom is 0.306 e. The van der Waals surface area contributed by atoms with Crippen molar-refractivity contribution in [2.75, 3.05) is 13.1 Å². The molecule has 3 nitrogen and oxygen atoms in total. The van der Waals surface area contributed by atoms with E-state index in [9.17, 15) is 4.79 Å². The first kappa shape index (κ1) is 11.9. The van der Waals surface area contributed by atoms with Gasteiger partial charge < -0.3 is 10.1 Å². The van der Waals surface area contributed by atoms with Crippen LogP contribution in [0.1, 0.15) is 45.4 Å². The zero-order valence-electron chi connectivity index (χ0n) is 10.2. The fourth-order valence-electron chi connectivity index (χ4n) is 2.84. The number of carbonyl (C=O) groups excluding carboxylic acids is 1. The molecule has 16 heavy (non-hydrogen) atoms. The van der Waals surface area contributed by atoms with Crippen molar-refractivity contribution in [3.05, 3.63) is 0 Å². The molecular weight excluding hydrogens is 202 g/mol. The van der Waals surface area contributed by atoms with Gasteiger partial charge in [0.1, 0.15) is 6.10 Å². The summed E-state index contributed by atoms with van der Waals surface area (Å²) in [5.74, 6) is 1.25. The lowest BCUT2D eigenvalue weighted by Gasteiger charge is -2.26. The van der Waals surface area contributed by atoms with Crippen molar-refractivity contribution in [2.45, 2.75) is 51.6 Å². The van der Waals surface area contributed by atoms with E-state index in [1.54, 1.807) is 0 Å². The molecule has 2 fully saturated rings. The number of hydrogen-bond donors (Lipinski definition) is 1. The van der Waals surface area contributed by atoms with E-state index < -0.39 is 0 Å². The molecule has 0 spiro atoms. The lowest BCUT2D eigenvalue weighted by atomic mass is 9.88. The van der Waals surface area contributed by atoms with Gasteiger partial charge in [-0.2, -0.15) is 0 Å². The van der Waals surface area contributed by atoms with Crippen LogP contribution in [0.5, 0.6) is 0 Å². The van der Waals surface area contributed by atoms with Gasteiger partial charge >= 0.3 is 5.97 Å². The predicted molar refractivity (Wildman–Crippen MR) is 63.1 cm³/mol. The molecule has 1 saturated heterocycles. The highest BCUT2D eigenvalue weighted by atomic mass is 16.5. The van der Waals surface area contributed by atoms with Crippen LogP contribution in [0.2, 0.25) is 0 Å². The van der Waals surface area contributed by atoms with Crippen LogP contribution in [0.3, 0.4) is 0 Å². The minimum atomic E-state index is 0.0211. The van der Waals surface area contributed by atoms with Gasteiger partial charge in [0.2, 0.25) is 0 Å². The first-order chi connectivity index (χ1) is 7.74. The third kappa shape index (κ3) is 3.48. The topological polar surface area (TPSA) is 38.3 Å². The Hall–Kier alpha value is -0.570. The molecule has 1 aliphatic heterocycles. The van der Waals surface area contributed by atoms with Crippen LogP contribution < -0.4 is 5.32 Å². The highest BCUT2D eigenvalue weighted by molar-refractivity contribution is 5.70. The molecule has 0 bridgehead atoms. The van der Waals surface area contributed by atoms with Crippen LogP contribution in [0, 0.1) is 11.8 Å². The second-order valence-electron chi connectivity index (χ2n) is 5.45. The summed E-state index contributed by atoms with van der Waals surface area (Å²) in [6, 6.07) is 0. The zero-order chi connectivity index (χ0) is 11.4. The van der Waals surface area contributed by atoms with E-state index in [2.05, 4.69) is 12.2 Å².